The number of nitrogens with zero attached hydrogens (tertiary/aromatic N) is 6. The molecule has 11 rings (SSSR count). The van der Waals surface area contributed by atoms with Gasteiger partial charge in [0.15, 0.2) is 29.6 Å². The van der Waals surface area contributed by atoms with E-state index in [2.05, 4.69) is 34.1 Å². The molecule has 2 aliphatic rings. The first kappa shape index (κ1) is 53.5. The maximum atomic E-state index is 15.4. The molecule has 2 fully saturated rings. The van der Waals surface area contributed by atoms with Crippen LogP contribution >= 0.6 is 15.2 Å². The Bertz CT molecular complexity index is 3500. The van der Waals surface area contributed by atoms with Gasteiger partial charge < -0.3 is 37.2 Å². The fourth-order valence-electron chi connectivity index (χ4n) is 9.43. The van der Waals surface area contributed by atoms with Crippen LogP contribution in [-0.2, 0) is 80.9 Å². The zero-order chi connectivity index (χ0) is 53.9. The van der Waals surface area contributed by atoms with Crippen LogP contribution in [0, 0.1) is 0 Å². The molecule has 2 unspecified atom stereocenters. The van der Waals surface area contributed by atoms with Gasteiger partial charge in [-0.05, 0) is 33.4 Å². The van der Waals surface area contributed by atoms with Gasteiger partial charge in [-0.1, -0.05) is 212 Å². The van der Waals surface area contributed by atoms with Gasteiger partial charge in [0.25, 0.3) is 5.56 Å². The minimum absolute atomic E-state index is 0.0826. The van der Waals surface area contributed by atoms with E-state index in [-0.39, 0.29) is 50.1 Å². The van der Waals surface area contributed by atoms with Crippen molar-refractivity contribution in [3.8, 4) is 0 Å². The first-order valence-electron chi connectivity index (χ1n) is 26.0. The summed E-state index contributed by atoms with van der Waals surface area (Å²) in [6, 6.07) is 66.9. The van der Waals surface area contributed by atoms with Gasteiger partial charge in [0.1, 0.15) is 18.3 Å². The molecule has 2 aliphatic heterocycles. The Balaban J connectivity index is 0.931. The summed E-state index contributed by atoms with van der Waals surface area (Å²) in [6.45, 7) is 0.553. The van der Waals surface area contributed by atoms with E-state index in [4.69, 9.17) is 42.3 Å². The highest BCUT2D eigenvalue weighted by Gasteiger charge is 2.55. The second-order valence-corrected chi connectivity index (χ2v) is 23.8. The van der Waals surface area contributed by atoms with E-state index in [9.17, 15) is 4.79 Å². The highest BCUT2D eigenvalue weighted by molar-refractivity contribution is 7.71. The van der Waals surface area contributed by atoms with Gasteiger partial charge in [0.05, 0.1) is 45.6 Å². The lowest BCUT2D eigenvalue weighted by Crippen LogP contribution is -2.31. The predicted molar refractivity (Wildman–Crippen MR) is 300 cm³/mol. The second-order valence-electron chi connectivity index (χ2n) is 19.2. The van der Waals surface area contributed by atoms with Crippen LogP contribution in [0.15, 0.2) is 228 Å². The lowest BCUT2D eigenvalue weighted by atomic mass is 10.1. The summed E-state index contributed by atoms with van der Waals surface area (Å²) in [7, 11) is -8.69. The summed E-state index contributed by atoms with van der Waals surface area (Å²) in [5.74, 6) is -0.581. The molecular weight excluding hydrogens is 1040 g/mol. The van der Waals surface area contributed by atoms with Gasteiger partial charge >= 0.3 is 15.2 Å². The van der Waals surface area contributed by atoms with Gasteiger partial charge in [-0.3, -0.25) is 23.1 Å². The average molecular weight is 1100 g/mol. The van der Waals surface area contributed by atoms with Crippen molar-refractivity contribution in [3.05, 3.63) is 268 Å². The molecule has 0 saturated carbocycles. The quantitative estimate of drug-likeness (QED) is 0.0319. The van der Waals surface area contributed by atoms with Gasteiger partial charge in [-0.15, -0.1) is 0 Å². The van der Waals surface area contributed by atoms with Crippen LogP contribution in [0.1, 0.15) is 51.5 Å². The number of aliphatic imine (C=N–C) groups is 1. The van der Waals surface area contributed by atoms with Crippen LogP contribution in [-0.4, -0.2) is 61.2 Å². The van der Waals surface area contributed by atoms with E-state index in [0.29, 0.717) is 18.7 Å². The Labute approximate surface area is 457 Å². The molecular formula is C61H58N6O10P2. The normalized spacial score (nSPS) is 18.9. The number of fused-ring (bicyclic) bond motifs is 2. The molecule has 7 aromatic carbocycles. The number of aromatic nitrogens is 4. The van der Waals surface area contributed by atoms with E-state index in [1.54, 1.807) is 10.9 Å². The number of rotatable bonds is 24. The van der Waals surface area contributed by atoms with Crippen LogP contribution in [0.5, 0.6) is 0 Å². The number of hydrogen-bond donors (Lipinski definition) is 0. The molecule has 402 valence electrons. The van der Waals surface area contributed by atoms with Crippen molar-refractivity contribution in [1.29, 1.82) is 0 Å². The third-order valence-electron chi connectivity index (χ3n) is 13.4. The highest BCUT2D eigenvalue weighted by atomic mass is 31.2. The van der Waals surface area contributed by atoms with Crippen molar-refractivity contribution in [2.75, 3.05) is 12.5 Å². The maximum absolute atomic E-state index is 15.4. The Morgan fingerprint density at radius 2 is 0.987 bits per heavy atom. The number of ether oxygens (including phenoxy) is 3. The van der Waals surface area contributed by atoms with Crippen molar-refractivity contribution in [2.24, 2.45) is 4.99 Å². The van der Waals surface area contributed by atoms with E-state index >= 15 is 9.13 Å². The van der Waals surface area contributed by atoms with Crippen LogP contribution in [0.3, 0.4) is 0 Å². The third-order valence-corrected chi connectivity index (χ3v) is 18.3. The van der Waals surface area contributed by atoms with Crippen molar-refractivity contribution in [3.63, 3.8) is 0 Å². The predicted octanol–water partition coefficient (Wildman–Crippen LogP) is 12.4. The zero-order valence-corrected chi connectivity index (χ0v) is 44.9. The van der Waals surface area contributed by atoms with E-state index in [1.165, 1.54) is 10.9 Å². The fraction of sp³-hybridized carbons (Fsp3) is 0.213. The molecule has 18 heteroatoms. The molecule has 0 aliphatic carbocycles. The van der Waals surface area contributed by atoms with E-state index in [1.807, 2.05) is 188 Å². The molecule has 0 bridgehead atoms. The summed E-state index contributed by atoms with van der Waals surface area (Å²) in [4.78, 5) is 31.7. The van der Waals surface area contributed by atoms with E-state index < -0.39 is 57.5 Å². The minimum atomic E-state index is -4.42. The second kappa shape index (κ2) is 25.1. The molecule has 0 N–H and O–H groups in total. The summed E-state index contributed by atoms with van der Waals surface area (Å²) in [6.07, 6.45) is -1.24. The minimum Gasteiger partial charge on any atom is -0.354 e. The fourth-order valence-corrected chi connectivity index (χ4v) is 14.0. The molecule has 6 atom stereocenters. The molecule has 2 aromatic heterocycles. The summed E-state index contributed by atoms with van der Waals surface area (Å²) >= 11 is 0. The van der Waals surface area contributed by atoms with Crippen LogP contribution in [0.4, 0.5) is 5.95 Å². The molecule has 16 nitrogen and oxygen atoms in total. The maximum Gasteiger partial charge on any atom is 0.343 e. The monoisotopic (exact) mass is 1100 g/mol. The molecule has 79 heavy (non-hydrogen) atoms. The average Bonchev–Trinajstić information content (AvgIpc) is 4.43. The van der Waals surface area contributed by atoms with Gasteiger partial charge in [0, 0.05) is 18.7 Å². The van der Waals surface area contributed by atoms with Crippen molar-refractivity contribution in [1.82, 2.24) is 24.0 Å². The molecule has 0 radical (unpaired) electrons. The Morgan fingerprint density at radius 3 is 1.49 bits per heavy atom. The van der Waals surface area contributed by atoms with Crippen LogP contribution in [0.25, 0.3) is 11.2 Å². The van der Waals surface area contributed by atoms with Crippen LogP contribution in [0.2, 0.25) is 0 Å². The molecule has 2 saturated heterocycles. The summed E-state index contributed by atoms with van der Waals surface area (Å²) in [5, 5.41) is 0. The summed E-state index contributed by atoms with van der Waals surface area (Å²) in [5.41, 5.74) is 5.81. The van der Waals surface area contributed by atoms with Crippen molar-refractivity contribution in [2.45, 2.75) is 70.3 Å². The van der Waals surface area contributed by atoms with Gasteiger partial charge in [0.2, 0.25) is 5.95 Å². The van der Waals surface area contributed by atoms with Crippen molar-refractivity contribution < 1.29 is 41.4 Å². The van der Waals surface area contributed by atoms with Crippen molar-refractivity contribution >= 4 is 38.6 Å². The Kier molecular flexibility index (Phi) is 17.0. The Hall–Kier alpha value is -7.46. The smallest absolute Gasteiger partial charge is 0.343 e. The molecule has 0 spiro atoms. The third kappa shape index (κ3) is 13.5. The SMILES string of the molecule is O=c1c2ncn([C@@H]3O[C@H](COP(=O)(CP(=O)(OCc4ccccc4)OCc4ccccc4)OCc4ccccc4)[C@H]4OC(c5ccccc5)O[C@H]43)c2nc(/N=C/N(Cc2ccccc2)Cc2ccccc2)n1Cc1ccccc1. The molecule has 4 heterocycles. The summed E-state index contributed by atoms with van der Waals surface area (Å²) < 4.78 is 78.7. The highest BCUT2D eigenvalue weighted by Crippen LogP contribution is 2.65. The van der Waals surface area contributed by atoms with Gasteiger partial charge in [-0.25, -0.2) is 9.98 Å². The number of imidazole rings is 1. The molecule has 0 amide bonds. The lowest BCUT2D eigenvalue weighted by molar-refractivity contribution is -0.152. The number of benzene rings is 7. The lowest BCUT2D eigenvalue weighted by Gasteiger charge is -2.26. The number of hydrogen-bond acceptors (Lipinski definition) is 13. The zero-order valence-electron chi connectivity index (χ0n) is 43.1. The standard InChI is InChI=1S/C61H58N6O10P2/c68-58-54-57(64-61(66(58)38-48-26-12-3-13-27-48)63-43-65(36-46-22-8-1-9-23-46)37-47-24-10-2-11-25-47)67(44-62-54)59-56-55(76-60(77-56)52-34-20-7-21-35-52)53(75-59)42-74-79(70,73-41-51-32-18-6-19-33-51)45-78(69,71-39-49-28-14-4-15-29-49)72-40-50-30-16-5-17-31-50/h1-35,43-44,53,55-56,59-60H,36-42,45H2/b63-43+/t53-,55-,56-,59-,60?,79?/m1/s1. The van der Waals surface area contributed by atoms with Crippen LogP contribution < -0.4 is 5.56 Å². The topological polar surface area (TPSA) is 167 Å². The van der Waals surface area contributed by atoms with Gasteiger partial charge in [-0.2, -0.15) is 4.98 Å². The first-order chi connectivity index (χ1) is 38.7. The van der Waals surface area contributed by atoms with E-state index in [0.717, 1.165) is 33.4 Å². The largest absolute Gasteiger partial charge is 0.354 e. The molecule has 9 aromatic rings. The Morgan fingerprint density at radius 1 is 0.544 bits per heavy atom. The first-order valence-corrected chi connectivity index (χ1v) is 29.5.